The lowest BCUT2D eigenvalue weighted by atomic mass is 10.1. The third-order valence-electron chi connectivity index (χ3n) is 2.76. The zero-order valence-electron chi connectivity index (χ0n) is 9.28. The fourth-order valence-corrected chi connectivity index (χ4v) is 2.54. The van der Waals surface area contributed by atoms with Gasteiger partial charge >= 0.3 is 0 Å². The quantitative estimate of drug-likeness (QED) is 0.872. The standard InChI is InChI=1S/C12H17NO2S/c14-12(4-3-11-2-1-9-16-11)13-10-5-7-15-8-6-10/h1-2,9-10H,3-8H2,(H,13,14). The number of rotatable bonds is 4. The van der Waals surface area contributed by atoms with Crippen molar-refractivity contribution >= 4 is 17.2 Å². The molecule has 1 aromatic heterocycles. The van der Waals surface area contributed by atoms with E-state index >= 15 is 0 Å². The molecule has 1 N–H and O–H groups in total. The molecule has 1 amide bonds. The summed E-state index contributed by atoms with van der Waals surface area (Å²) in [5.41, 5.74) is 0. The van der Waals surface area contributed by atoms with Crippen LogP contribution in [0.4, 0.5) is 0 Å². The number of nitrogens with one attached hydrogen (secondary N) is 1. The fraction of sp³-hybridized carbons (Fsp3) is 0.583. The van der Waals surface area contributed by atoms with Crippen LogP contribution in [0.25, 0.3) is 0 Å². The van der Waals surface area contributed by atoms with Gasteiger partial charge < -0.3 is 10.1 Å². The molecule has 0 spiro atoms. The maximum Gasteiger partial charge on any atom is 0.220 e. The molecule has 1 fully saturated rings. The van der Waals surface area contributed by atoms with Crippen LogP contribution in [0.5, 0.6) is 0 Å². The van der Waals surface area contributed by atoms with Gasteiger partial charge in [0.15, 0.2) is 0 Å². The molecule has 0 unspecified atom stereocenters. The van der Waals surface area contributed by atoms with Crippen LogP contribution in [0.1, 0.15) is 24.1 Å². The molecule has 2 heterocycles. The van der Waals surface area contributed by atoms with E-state index < -0.39 is 0 Å². The SMILES string of the molecule is O=C(CCc1cccs1)NC1CCOCC1. The predicted molar refractivity (Wildman–Crippen MR) is 64.6 cm³/mol. The first-order valence-electron chi connectivity index (χ1n) is 5.74. The third kappa shape index (κ3) is 3.61. The van der Waals surface area contributed by atoms with Crippen molar-refractivity contribution in [1.82, 2.24) is 5.32 Å². The molecule has 3 nitrogen and oxygen atoms in total. The zero-order valence-corrected chi connectivity index (χ0v) is 10.1. The Labute approximate surface area is 99.8 Å². The number of hydrogen-bond acceptors (Lipinski definition) is 3. The Hall–Kier alpha value is -0.870. The topological polar surface area (TPSA) is 38.3 Å². The second kappa shape index (κ2) is 6.01. The van der Waals surface area contributed by atoms with Crippen LogP contribution < -0.4 is 5.32 Å². The number of ether oxygens (including phenoxy) is 1. The van der Waals surface area contributed by atoms with Crippen molar-refractivity contribution in [1.29, 1.82) is 0 Å². The second-order valence-electron chi connectivity index (χ2n) is 4.03. The Balaban J connectivity index is 1.67. The number of carbonyl (C=O) groups excluding carboxylic acids is 1. The first-order valence-corrected chi connectivity index (χ1v) is 6.62. The second-order valence-corrected chi connectivity index (χ2v) is 5.07. The van der Waals surface area contributed by atoms with Gasteiger partial charge in [-0.05, 0) is 30.7 Å². The predicted octanol–water partition coefficient (Wildman–Crippen LogP) is 1.98. The van der Waals surface area contributed by atoms with Crippen molar-refractivity contribution in [2.75, 3.05) is 13.2 Å². The molecular formula is C12H17NO2S. The number of amides is 1. The molecular weight excluding hydrogens is 222 g/mol. The van der Waals surface area contributed by atoms with E-state index in [9.17, 15) is 4.79 Å². The van der Waals surface area contributed by atoms with Gasteiger partial charge in [0, 0.05) is 30.6 Å². The van der Waals surface area contributed by atoms with Gasteiger partial charge in [-0.2, -0.15) is 0 Å². The van der Waals surface area contributed by atoms with Crippen molar-refractivity contribution in [2.45, 2.75) is 31.7 Å². The molecule has 2 rings (SSSR count). The molecule has 88 valence electrons. The van der Waals surface area contributed by atoms with Gasteiger partial charge in [-0.25, -0.2) is 0 Å². The lowest BCUT2D eigenvalue weighted by Gasteiger charge is -2.23. The highest BCUT2D eigenvalue weighted by atomic mass is 32.1. The van der Waals surface area contributed by atoms with E-state index in [0.29, 0.717) is 12.5 Å². The van der Waals surface area contributed by atoms with Crippen LogP contribution in [0, 0.1) is 0 Å². The molecule has 0 aliphatic carbocycles. The zero-order chi connectivity index (χ0) is 11.2. The van der Waals surface area contributed by atoms with E-state index in [0.717, 1.165) is 32.5 Å². The highest BCUT2D eigenvalue weighted by Gasteiger charge is 2.15. The van der Waals surface area contributed by atoms with Gasteiger partial charge in [-0.1, -0.05) is 6.07 Å². The molecule has 1 aromatic rings. The summed E-state index contributed by atoms with van der Waals surface area (Å²) < 4.78 is 5.25. The number of hydrogen-bond donors (Lipinski definition) is 1. The molecule has 1 saturated heterocycles. The summed E-state index contributed by atoms with van der Waals surface area (Å²) in [6.07, 6.45) is 3.35. The molecule has 0 atom stereocenters. The Morgan fingerprint density at radius 2 is 2.31 bits per heavy atom. The van der Waals surface area contributed by atoms with Gasteiger partial charge in [-0.3, -0.25) is 4.79 Å². The first kappa shape index (κ1) is 11.6. The van der Waals surface area contributed by atoms with E-state index in [2.05, 4.69) is 11.4 Å². The summed E-state index contributed by atoms with van der Waals surface area (Å²) in [5, 5.41) is 5.11. The number of carbonyl (C=O) groups is 1. The molecule has 0 bridgehead atoms. The van der Waals surface area contributed by atoms with Crippen molar-refractivity contribution in [3.63, 3.8) is 0 Å². The van der Waals surface area contributed by atoms with Gasteiger partial charge in [0.1, 0.15) is 0 Å². The van der Waals surface area contributed by atoms with Crippen LogP contribution in [-0.4, -0.2) is 25.2 Å². The molecule has 1 aliphatic rings. The first-order chi connectivity index (χ1) is 7.84. The van der Waals surface area contributed by atoms with Crippen molar-refractivity contribution in [3.8, 4) is 0 Å². The monoisotopic (exact) mass is 239 g/mol. The van der Waals surface area contributed by atoms with E-state index in [1.165, 1.54) is 4.88 Å². The van der Waals surface area contributed by atoms with E-state index in [1.54, 1.807) is 11.3 Å². The minimum Gasteiger partial charge on any atom is -0.381 e. The van der Waals surface area contributed by atoms with Gasteiger partial charge in [-0.15, -0.1) is 11.3 Å². The van der Waals surface area contributed by atoms with Crippen molar-refractivity contribution < 1.29 is 9.53 Å². The largest absolute Gasteiger partial charge is 0.381 e. The summed E-state index contributed by atoms with van der Waals surface area (Å²) in [6, 6.07) is 4.42. The highest BCUT2D eigenvalue weighted by Crippen LogP contribution is 2.11. The average molecular weight is 239 g/mol. The lowest BCUT2D eigenvalue weighted by molar-refractivity contribution is -0.122. The lowest BCUT2D eigenvalue weighted by Crippen LogP contribution is -2.38. The van der Waals surface area contributed by atoms with Crippen molar-refractivity contribution in [3.05, 3.63) is 22.4 Å². The van der Waals surface area contributed by atoms with Gasteiger partial charge in [0.05, 0.1) is 0 Å². The molecule has 16 heavy (non-hydrogen) atoms. The summed E-state index contributed by atoms with van der Waals surface area (Å²) in [7, 11) is 0. The number of thiophene rings is 1. The Bertz CT molecular complexity index is 318. The normalized spacial score (nSPS) is 17.2. The Kier molecular flexibility index (Phi) is 4.36. The van der Waals surface area contributed by atoms with E-state index in [-0.39, 0.29) is 5.91 Å². The summed E-state index contributed by atoms with van der Waals surface area (Å²) in [5.74, 6) is 0.167. The molecule has 0 saturated carbocycles. The maximum absolute atomic E-state index is 11.7. The summed E-state index contributed by atoms with van der Waals surface area (Å²) in [6.45, 7) is 1.55. The van der Waals surface area contributed by atoms with Crippen LogP contribution in [-0.2, 0) is 16.0 Å². The van der Waals surface area contributed by atoms with Crippen LogP contribution >= 0.6 is 11.3 Å². The third-order valence-corrected chi connectivity index (χ3v) is 3.70. The summed E-state index contributed by atoms with van der Waals surface area (Å²) >= 11 is 1.71. The van der Waals surface area contributed by atoms with E-state index in [1.807, 2.05) is 11.4 Å². The maximum atomic E-state index is 11.7. The molecule has 4 heteroatoms. The number of aryl methyl sites for hydroxylation is 1. The smallest absolute Gasteiger partial charge is 0.220 e. The minimum atomic E-state index is 0.167. The van der Waals surface area contributed by atoms with Crippen LogP contribution in [0.2, 0.25) is 0 Å². The van der Waals surface area contributed by atoms with Crippen molar-refractivity contribution in [2.24, 2.45) is 0 Å². The highest BCUT2D eigenvalue weighted by molar-refractivity contribution is 7.09. The van der Waals surface area contributed by atoms with Crippen LogP contribution in [0.3, 0.4) is 0 Å². The van der Waals surface area contributed by atoms with E-state index in [4.69, 9.17) is 4.74 Å². The molecule has 1 aliphatic heterocycles. The fourth-order valence-electron chi connectivity index (χ4n) is 1.83. The minimum absolute atomic E-state index is 0.167. The Morgan fingerprint density at radius 3 is 3.00 bits per heavy atom. The molecule has 0 radical (unpaired) electrons. The Morgan fingerprint density at radius 1 is 1.50 bits per heavy atom. The van der Waals surface area contributed by atoms with Gasteiger partial charge in [0.2, 0.25) is 5.91 Å². The molecule has 0 aromatic carbocycles. The summed E-state index contributed by atoms with van der Waals surface area (Å²) in [4.78, 5) is 12.9. The van der Waals surface area contributed by atoms with Gasteiger partial charge in [0.25, 0.3) is 0 Å². The van der Waals surface area contributed by atoms with Crippen LogP contribution in [0.15, 0.2) is 17.5 Å². The average Bonchev–Trinajstić information content (AvgIpc) is 2.81.